The van der Waals surface area contributed by atoms with Gasteiger partial charge in [0.15, 0.2) is 0 Å². The van der Waals surface area contributed by atoms with Crippen molar-refractivity contribution in [2.75, 3.05) is 14.2 Å². The number of carbonyl (C=O) groups is 2. The monoisotopic (exact) mass is 298 g/mol. The number of hydrogen-bond donors (Lipinski definition) is 0. The first kappa shape index (κ1) is 15.8. The van der Waals surface area contributed by atoms with Gasteiger partial charge in [-0.1, -0.05) is 0 Å². The van der Waals surface area contributed by atoms with Gasteiger partial charge in [0.2, 0.25) is 11.6 Å². The van der Waals surface area contributed by atoms with Crippen molar-refractivity contribution in [3.8, 4) is 11.5 Å². The smallest absolute Gasteiger partial charge is 0.233 e. The van der Waals surface area contributed by atoms with Gasteiger partial charge in [-0.3, -0.25) is 9.59 Å². The lowest BCUT2D eigenvalue weighted by Crippen LogP contribution is -2.16. The molecule has 0 saturated carbocycles. The standard InChI is InChI=1S/C18H18O4/c1-11-12(2)16(22-4)10-9-15(11)18(20)17(19)13-5-7-14(21-3)8-6-13/h5-10H,1-4H3. The van der Waals surface area contributed by atoms with Crippen LogP contribution in [0, 0.1) is 13.8 Å². The maximum Gasteiger partial charge on any atom is 0.233 e. The molecule has 0 aromatic heterocycles. The Bertz CT molecular complexity index is 715. The first-order chi connectivity index (χ1) is 10.5. The Morgan fingerprint density at radius 1 is 0.773 bits per heavy atom. The van der Waals surface area contributed by atoms with E-state index in [4.69, 9.17) is 9.47 Å². The fraction of sp³-hybridized carbons (Fsp3) is 0.222. The third kappa shape index (κ3) is 2.86. The van der Waals surface area contributed by atoms with Gasteiger partial charge in [-0.25, -0.2) is 0 Å². The number of methoxy groups -OCH3 is 2. The molecule has 2 rings (SSSR count). The van der Waals surface area contributed by atoms with Gasteiger partial charge in [-0.2, -0.15) is 0 Å². The van der Waals surface area contributed by atoms with Crippen molar-refractivity contribution in [3.63, 3.8) is 0 Å². The van der Waals surface area contributed by atoms with Crippen LogP contribution in [0.15, 0.2) is 36.4 Å². The Balaban J connectivity index is 2.34. The molecule has 0 saturated heterocycles. The summed E-state index contributed by atoms with van der Waals surface area (Å²) in [6.45, 7) is 3.68. The Morgan fingerprint density at radius 3 is 1.95 bits per heavy atom. The molecule has 0 heterocycles. The maximum absolute atomic E-state index is 12.5. The van der Waals surface area contributed by atoms with E-state index in [1.807, 2.05) is 13.8 Å². The van der Waals surface area contributed by atoms with E-state index in [1.54, 1.807) is 50.6 Å². The lowest BCUT2D eigenvalue weighted by Gasteiger charge is -2.11. The number of ether oxygens (including phenoxy) is 2. The van der Waals surface area contributed by atoms with Crippen LogP contribution in [0.5, 0.6) is 11.5 Å². The molecular formula is C18H18O4. The third-order valence-corrected chi connectivity index (χ3v) is 3.76. The number of Topliss-reactive ketones (excluding diaryl/α,β-unsaturated/α-hetero) is 2. The minimum absolute atomic E-state index is 0.346. The van der Waals surface area contributed by atoms with E-state index in [9.17, 15) is 9.59 Å². The van der Waals surface area contributed by atoms with Gasteiger partial charge in [0.25, 0.3) is 0 Å². The van der Waals surface area contributed by atoms with Crippen molar-refractivity contribution in [3.05, 3.63) is 58.7 Å². The van der Waals surface area contributed by atoms with Crippen molar-refractivity contribution >= 4 is 11.6 Å². The third-order valence-electron chi connectivity index (χ3n) is 3.76. The van der Waals surface area contributed by atoms with Gasteiger partial charge in [0.05, 0.1) is 14.2 Å². The predicted molar refractivity (Wildman–Crippen MR) is 84.1 cm³/mol. The minimum Gasteiger partial charge on any atom is -0.497 e. The molecule has 2 aromatic rings. The van der Waals surface area contributed by atoms with Crippen molar-refractivity contribution in [1.82, 2.24) is 0 Å². The summed E-state index contributed by atoms with van der Waals surface area (Å²) in [6, 6.07) is 9.83. The molecule has 0 unspecified atom stereocenters. The van der Waals surface area contributed by atoms with Gasteiger partial charge >= 0.3 is 0 Å². The van der Waals surface area contributed by atoms with E-state index >= 15 is 0 Å². The van der Waals surface area contributed by atoms with E-state index < -0.39 is 11.6 Å². The summed E-state index contributed by atoms with van der Waals surface area (Å²) in [5, 5.41) is 0. The molecule has 0 N–H and O–H groups in total. The molecule has 0 fully saturated rings. The second-order valence-electron chi connectivity index (χ2n) is 4.95. The molecule has 4 heteroatoms. The van der Waals surface area contributed by atoms with Crippen molar-refractivity contribution in [1.29, 1.82) is 0 Å². The average molecular weight is 298 g/mol. The van der Waals surface area contributed by atoms with Crippen LogP contribution >= 0.6 is 0 Å². The topological polar surface area (TPSA) is 52.6 Å². The van der Waals surface area contributed by atoms with E-state index in [0.29, 0.717) is 22.6 Å². The molecule has 114 valence electrons. The molecule has 4 nitrogen and oxygen atoms in total. The largest absolute Gasteiger partial charge is 0.497 e. The first-order valence-corrected chi connectivity index (χ1v) is 6.87. The van der Waals surface area contributed by atoms with Crippen LogP contribution in [0.1, 0.15) is 31.8 Å². The Kier molecular flexibility index (Phi) is 4.61. The SMILES string of the molecule is COc1ccc(C(=O)C(=O)c2ccc(OC)c(C)c2C)cc1. The summed E-state index contributed by atoms with van der Waals surface area (Å²) in [6.07, 6.45) is 0. The van der Waals surface area contributed by atoms with Crippen LogP contribution in [0.3, 0.4) is 0 Å². The Morgan fingerprint density at radius 2 is 1.41 bits per heavy atom. The highest BCUT2D eigenvalue weighted by atomic mass is 16.5. The van der Waals surface area contributed by atoms with Crippen molar-refractivity contribution < 1.29 is 19.1 Å². The predicted octanol–water partition coefficient (Wildman–Crippen LogP) is 3.39. The summed E-state index contributed by atoms with van der Waals surface area (Å²) < 4.78 is 10.3. The second kappa shape index (κ2) is 6.43. The number of carbonyl (C=O) groups excluding carboxylic acids is 2. The molecule has 0 atom stereocenters. The molecule has 0 spiro atoms. The number of hydrogen-bond acceptors (Lipinski definition) is 4. The fourth-order valence-corrected chi connectivity index (χ4v) is 2.26. The summed E-state index contributed by atoms with van der Waals surface area (Å²) in [4.78, 5) is 24.8. The van der Waals surface area contributed by atoms with Crippen LogP contribution in [0.2, 0.25) is 0 Å². The van der Waals surface area contributed by atoms with Crippen molar-refractivity contribution in [2.45, 2.75) is 13.8 Å². The van der Waals surface area contributed by atoms with Gasteiger partial charge < -0.3 is 9.47 Å². The van der Waals surface area contributed by atoms with Crippen LogP contribution in [0.25, 0.3) is 0 Å². The zero-order valence-electron chi connectivity index (χ0n) is 13.1. The zero-order valence-corrected chi connectivity index (χ0v) is 13.1. The average Bonchev–Trinajstić information content (AvgIpc) is 2.56. The normalized spacial score (nSPS) is 10.2. The first-order valence-electron chi connectivity index (χ1n) is 6.87. The number of rotatable bonds is 5. The Labute approximate surface area is 129 Å². The van der Waals surface area contributed by atoms with Gasteiger partial charge in [0, 0.05) is 11.1 Å². The van der Waals surface area contributed by atoms with Crippen LogP contribution in [-0.4, -0.2) is 25.8 Å². The van der Waals surface area contributed by atoms with Crippen LogP contribution in [0.4, 0.5) is 0 Å². The highest BCUT2D eigenvalue weighted by Gasteiger charge is 2.21. The molecular weight excluding hydrogens is 280 g/mol. The van der Waals surface area contributed by atoms with E-state index in [0.717, 1.165) is 11.1 Å². The lowest BCUT2D eigenvalue weighted by atomic mass is 9.95. The van der Waals surface area contributed by atoms with Gasteiger partial charge in [-0.05, 0) is 61.4 Å². The number of ketones is 2. The fourth-order valence-electron chi connectivity index (χ4n) is 2.26. The van der Waals surface area contributed by atoms with E-state index in [1.165, 1.54) is 0 Å². The van der Waals surface area contributed by atoms with Crippen molar-refractivity contribution in [2.24, 2.45) is 0 Å². The molecule has 0 aliphatic heterocycles. The summed E-state index contributed by atoms with van der Waals surface area (Å²) in [5.74, 6) is 0.287. The molecule has 0 amide bonds. The minimum atomic E-state index is -0.532. The summed E-state index contributed by atoms with van der Waals surface area (Å²) in [5.41, 5.74) is 2.36. The number of benzene rings is 2. The van der Waals surface area contributed by atoms with Gasteiger partial charge in [-0.15, -0.1) is 0 Å². The van der Waals surface area contributed by atoms with Gasteiger partial charge in [0.1, 0.15) is 11.5 Å². The van der Waals surface area contributed by atoms with Crippen LogP contribution in [-0.2, 0) is 0 Å². The summed E-state index contributed by atoms with van der Waals surface area (Å²) in [7, 11) is 3.12. The molecule has 2 aromatic carbocycles. The quantitative estimate of drug-likeness (QED) is 0.627. The summed E-state index contributed by atoms with van der Waals surface area (Å²) >= 11 is 0. The molecule has 0 aliphatic rings. The lowest BCUT2D eigenvalue weighted by molar-refractivity contribution is 0.0816. The maximum atomic E-state index is 12.5. The molecule has 0 bridgehead atoms. The zero-order chi connectivity index (χ0) is 16.3. The second-order valence-corrected chi connectivity index (χ2v) is 4.95. The highest BCUT2D eigenvalue weighted by molar-refractivity contribution is 6.49. The highest BCUT2D eigenvalue weighted by Crippen LogP contribution is 2.25. The molecule has 22 heavy (non-hydrogen) atoms. The van der Waals surface area contributed by atoms with E-state index in [-0.39, 0.29) is 0 Å². The molecule has 0 radical (unpaired) electrons. The van der Waals surface area contributed by atoms with Crippen LogP contribution < -0.4 is 9.47 Å². The molecule has 0 aliphatic carbocycles. The van der Waals surface area contributed by atoms with E-state index in [2.05, 4.69) is 0 Å². The Hall–Kier alpha value is -2.62.